The molecular weight excluding hydrogens is 387 g/mol. The van der Waals surface area contributed by atoms with Gasteiger partial charge >= 0.3 is 0 Å². The smallest absolute Gasteiger partial charge is 0.261 e. The van der Waals surface area contributed by atoms with E-state index in [0.717, 1.165) is 18.4 Å². The number of ether oxygens (including phenoxy) is 2. The van der Waals surface area contributed by atoms with Crippen molar-refractivity contribution in [1.82, 2.24) is 10.2 Å². The fraction of sp³-hybridized carbons (Fsp3) is 0.391. The lowest BCUT2D eigenvalue weighted by Crippen LogP contribution is -2.49. The molecule has 2 amide bonds. The molecule has 0 heterocycles. The molecule has 1 unspecified atom stereocenters. The maximum absolute atomic E-state index is 13.1. The molecule has 0 aliphatic rings. The topological polar surface area (TPSA) is 67.9 Å². The third-order valence-corrected chi connectivity index (χ3v) is 4.66. The molecule has 0 radical (unpaired) electrons. The quantitative estimate of drug-likeness (QED) is 0.569. The molecule has 7 heteroatoms. The van der Waals surface area contributed by atoms with Crippen molar-refractivity contribution in [3.05, 3.63) is 59.9 Å². The summed E-state index contributed by atoms with van der Waals surface area (Å²) < 4.78 is 23.8. The Morgan fingerprint density at radius 1 is 1.13 bits per heavy atom. The minimum atomic E-state index is -0.683. The molecular formula is C23H29FN2O4. The molecule has 0 spiro atoms. The summed E-state index contributed by atoms with van der Waals surface area (Å²) in [5.74, 6) is 0.0982. The number of amides is 2. The number of methoxy groups -OCH3 is 1. The molecule has 0 aliphatic carbocycles. The van der Waals surface area contributed by atoms with E-state index in [9.17, 15) is 14.0 Å². The first-order valence-corrected chi connectivity index (χ1v) is 10.0. The molecule has 0 saturated heterocycles. The van der Waals surface area contributed by atoms with Crippen LogP contribution >= 0.6 is 0 Å². The number of carbonyl (C=O) groups excluding carboxylic acids is 2. The second-order valence-electron chi connectivity index (χ2n) is 6.94. The fourth-order valence-electron chi connectivity index (χ4n) is 2.85. The third-order valence-electron chi connectivity index (χ3n) is 4.66. The van der Waals surface area contributed by atoms with Crippen LogP contribution in [0.5, 0.6) is 11.5 Å². The van der Waals surface area contributed by atoms with E-state index in [-0.39, 0.29) is 30.8 Å². The molecule has 6 nitrogen and oxygen atoms in total. The zero-order valence-corrected chi connectivity index (χ0v) is 17.7. The second-order valence-corrected chi connectivity index (χ2v) is 6.94. The van der Waals surface area contributed by atoms with Gasteiger partial charge in [-0.3, -0.25) is 9.59 Å². The van der Waals surface area contributed by atoms with Crippen molar-refractivity contribution < 1.29 is 23.5 Å². The summed E-state index contributed by atoms with van der Waals surface area (Å²) in [6.45, 7) is 4.26. The van der Waals surface area contributed by atoms with Crippen molar-refractivity contribution in [3.8, 4) is 11.5 Å². The third kappa shape index (κ3) is 7.06. The number of carbonyl (C=O) groups is 2. The van der Waals surface area contributed by atoms with Gasteiger partial charge in [0.1, 0.15) is 23.4 Å². The van der Waals surface area contributed by atoms with Crippen LogP contribution in [0.25, 0.3) is 0 Å². The Bertz CT molecular complexity index is 826. The molecule has 0 saturated carbocycles. The van der Waals surface area contributed by atoms with E-state index in [4.69, 9.17) is 9.47 Å². The van der Waals surface area contributed by atoms with Crippen LogP contribution in [0.1, 0.15) is 32.3 Å². The van der Waals surface area contributed by atoms with Gasteiger partial charge in [-0.05, 0) is 55.3 Å². The van der Waals surface area contributed by atoms with E-state index in [0.29, 0.717) is 18.0 Å². The Kier molecular flexibility index (Phi) is 9.12. The van der Waals surface area contributed by atoms with Gasteiger partial charge in [0.15, 0.2) is 6.61 Å². The highest BCUT2D eigenvalue weighted by Crippen LogP contribution is 2.17. The monoisotopic (exact) mass is 416 g/mol. The number of hydrogen-bond acceptors (Lipinski definition) is 4. The van der Waals surface area contributed by atoms with Gasteiger partial charge in [0, 0.05) is 13.1 Å². The van der Waals surface area contributed by atoms with Gasteiger partial charge < -0.3 is 19.7 Å². The number of halogens is 1. The lowest BCUT2D eigenvalue weighted by atomic mass is 10.1. The standard InChI is InChI=1S/C23H29FN2O4/c1-4-5-13-25-23(28)17(2)26(15-18-7-6-8-21(14-18)29-3)22(27)16-30-20-11-9-19(24)10-12-20/h6-12,14,17H,4-5,13,15-16H2,1-3H3,(H,25,28). The molecule has 162 valence electrons. The van der Waals surface area contributed by atoms with Gasteiger partial charge in [-0.15, -0.1) is 0 Å². The normalized spacial score (nSPS) is 11.5. The van der Waals surface area contributed by atoms with E-state index in [1.807, 2.05) is 31.2 Å². The van der Waals surface area contributed by atoms with E-state index < -0.39 is 6.04 Å². The van der Waals surface area contributed by atoms with Crippen LogP contribution in [0.4, 0.5) is 4.39 Å². The molecule has 0 aliphatic heterocycles. The van der Waals surface area contributed by atoms with Gasteiger partial charge in [-0.1, -0.05) is 25.5 Å². The average Bonchev–Trinajstić information content (AvgIpc) is 2.76. The van der Waals surface area contributed by atoms with Gasteiger partial charge in [-0.2, -0.15) is 0 Å². The SMILES string of the molecule is CCCCNC(=O)C(C)N(Cc1cccc(OC)c1)C(=O)COc1ccc(F)cc1. The largest absolute Gasteiger partial charge is 0.497 e. The van der Waals surface area contributed by atoms with Crippen LogP contribution in [0.15, 0.2) is 48.5 Å². The van der Waals surface area contributed by atoms with Crippen molar-refractivity contribution in [2.24, 2.45) is 0 Å². The van der Waals surface area contributed by atoms with Gasteiger partial charge in [0.05, 0.1) is 7.11 Å². The fourth-order valence-corrected chi connectivity index (χ4v) is 2.85. The average molecular weight is 416 g/mol. The number of nitrogens with zero attached hydrogens (tertiary/aromatic N) is 1. The molecule has 2 rings (SSSR count). The minimum Gasteiger partial charge on any atom is -0.497 e. The van der Waals surface area contributed by atoms with Crippen molar-refractivity contribution in [1.29, 1.82) is 0 Å². The first kappa shape index (κ1) is 23.2. The van der Waals surface area contributed by atoms with E-state index in [2.05, 4.69) is 5.32 Å². The zero-order valence-electron chi connectivity index (χ0n) is 17.7. The van der Waals surface area contributed by atoms with Crippen LogP contribution in [-0.4, -0.2) is 43.0 Å². The Hall–Kier alpha value is -3.09. The summed E-state index contributed by atoms with van der Waals surface area (Å²) in [5, 5.41) is 2.87. The lowest BCUT2D eigenvalue weighted by molar-refractivity contribution is -0.142. The lowest BCUT2D eigenvalue weighted by Gasteiger charge is -2.29. The number of hydrogen-bond donors (Lipinski definition) is 1. The highest BCUT2D eigenvalue weighted by molar-refractivity contribution is 5.87. The Labute approximate surface area is 177 Å². The van der Waals surface area contributed by atoms with E-state index in [1.165, 1.54) is 29.2 Å². The summed E-state index contributed by atoms with van der Waals surface area (Å²) in [6, 6.07) is 12.1. The summed E-state index contributed by atoms with van der Waals surface area (Å²) in [7, 11) is 1.57. The van der Waals surface area contributed by atoms with E-state index in [1.54, 1.807) is 14.0 Å². The molecule has 2 aromatic rings. The maximum atomic E-state index is 13.1. The van der Waals surface area contributed by atoms with Crippen molar-refractivity contribution in [2.75, 3.05) is 20.3 Å². The Morgan fingerprint density at radius 2 is 1.87 bits per heavy atom. The van der Waals surface area contributed by atoms with Crippen molar-refractivity contribution >= 4 is 11.8 Å². The van der Waals surface area contributed by atoms with E-state index >= 15 is 0 Å². The first-order chi connectivity index (χ1) is 14.4. The molecule has 0 aromatic heterocycles. The van der Waals surface area contributed by atoms with Gasteiger partial charge in [0.2, 0.25) is 5.91 Å². The number of benzene rings is 2. The van der Waals surface area contributed by atoms with Crippen molar-refractivity contribution in [2.45, 2.75) is 39.3 Å². The molecule has 1 N–H and O–H groups in total. The molecule has 30 heavy (non-hydrogen) atoms. The minimum absolute atomic E-state index is 0.221. The molecule has 0 fully saturated rings. The summed E-state index contributed by atoms with van der Waals surface area (Å²) in [4.78, 5) is 27.0. The van der Waals surface area contributed by atoms with Crippen LogP contribution < -0.4 is 14.8 Å². The number of nitrogens with one attached hydrogen (secondary N) is 1. The number of unbranched alkanes of at least 4 members (excludes halogenated alkanes) is 1. The molecule has 1 atom stereocenters. The molecule has 0 bridgehead atoms. The van der Waals surface area contributed by atoms with Crippen molar-refractivity contribution in [3.63, 3.8) is 0 Å². The van der Waals surface area contributed by atoms with Crippen LogP contribution in [0.3, 0.4) is 0 Å². The predicted octanol–water partition coefficient (Wildman–Crippen LogP) is 3.55. The van der Waals surface area contributed by atoms with Gasteiger partial charge in [0.25, 0.3) is 5.91 Å². The summed E-state index contributed by atoms with van der Waals surface area (Å²) >= 11 is 0. The Balaban J connectivity index is 2.12. The summed E-state index contributed by atoms with van der Waals surface area (Å²) in [5.41, 5.74) is 0.831. The summed E-state index contributed by atoms with van der Waals surface area (Å²) in [6.07, 6.45) is 1.84. The zero-order chi connectivity index (χ0) is 21.9. The second kappa shape index (κ2) is 11.8. The van der Waals surface area contributed by atoms with Crippen LogP contribution in [0, 0.1) is 5.82 Å². The highest BCUT2D eigenvalue weighted by Gasteiger charge is 2.26. The predicted molar refractivity (Wildman–Crippen MR) is 113 cm³/mol. The first-order valence-electron chi connectivity index (χ1n) is 10.0. The highest BCUT2D eigenvalue weighted by atomic mass is 19.1. The van der Waals surface area contributed by atoms with Crippen LogP contribution in [0.2, 0.25) is 0 Å². The molecule has 2 aromatic carbocycles. The Morgan fingerprint density at radius 3 is 2.53 bits per heavy atom. The maximum Gasteiger partial charge on any atom is 0.261 e. The van der Waals surface area contributed by atoms with Gasteiger partial charge in [-0.25, -0.2) is 4.39 Å². The number of rotatable bonds is 11. The van der Waals surface area contributed by atoms with Crippen LogP contribution in [-0.2, 0) is 16.1 Å².